The lowest BCUT2D eigenvalue weighted by Gasteiger charge is -2.13. The number of hydrogen-bond acceptors (Lipinski definition) is 4. The van der Waals surface area contributed by atoms with Crippen molar-refractivity contribution in [2.75, 3.05) is 11.1 Å². The van der Waals surface area contributed by atoms with Crippen LogP contribution in [0.4, 0.5) is 11.8 Å². The summed E-state index contributed by atoms with van der Waals surface area (Å²) < 4.78 is 0. The van der Waals surface area contributed by atoms with Gasteiger partial charge in [0.1, 0.15) is 5.82 Å². The summed E-state index contributed by atoms with van der Waals surface area (Å²) in [5.41, 5.74) is 9.17. The van der Waals surface area contributed by atoms with Crippen LogP contribution in [0.1, 0.15) is 25.0 Å². The molecule has 3 rings (SSSR count). The fourth-order valence-electron chi connectivity index (χ4n) is 2.60. The molecule has 0 unspecified atom stereocenters. The zero-order valence-corrected chi connectivity index (χ0v) is 13.9. The number of hydrogen-bond donors (Lipinski definition) is 2. The molecule has 0 saturated carbocycles. The van der Waals surface area contributed by atoms with Crippen molar-refractivity contribution in [2.24, 2.45) is 0 Å². The number of rotatable bonds is 4. The highest BCUT2D eigenvalue weighted by Crippen LogP contribution is 2.27. The second-order valence-corrected chi connectivity index (χ2v) is 6.22. The first-order valence-corrected chi connectivity index (χ1v) is 7.97. The standard InChI is InChI=1S/C18H19ClN4/c1-11(2)21-18-22-15-9-5-7-13(16(15)17(20)23-18)10-12-6-3-4-8-14(12)19/h3-9,11H,10H2,1-2H3,(H3,20,21,22,23). The van der Waals surface area contributed by atoms with Crippen LogP contribution in [-0.4, -0.2) is 16.0 Å². The lowest BCUT2D eigenvalue weighted by atomic mass is 10.0. The van der Waals surface area contributed by atoms with E-state index in [1.54, 1.807) is 0 Å². The maximum atomic E-state index is 6.28. The Kier molecular flexibility index (Phi) is 4.35. The van der Waals surface area contributed by atoms with Crippen molar-refractivity contribution in [1.29, 1.82) is 0 Å². The van der Waals surface area contributed by atoms with Gasteiger partial charge in [-0.1, -0.05) is 41.9 Å². The highest BCUT2D eigenvalue weighted by atomic mass is 35.5. The Balaban J connectivity index is 2.06. The Morgan fingerprint density at radius 1 is 1.04 bits per heavy atom. The lowest BCUT2D eigenvalue weighted by molar-refractivity contribution is 0.878. The molecule has 0 aliphatic rings. The van der Waals surface area contributed by atoms with Gasteiger partial charge in [-0.25, -0.2) is 4.98 Å². The van der Waals surface area contributed by atoms with Gasteiger partial charge in [0.25, 0.3) is 0 Å². The molecule has 0 radical (unpaired) electrons. The molecule has 0 aliphatic heterocycles. The minimum Gasteiger partial charge on any atom is -0.383 e. The van der Waals surface area contributed by atoms with E-state index in [2.05, 4.69) is 15.3 Å². The van der Waals surface area contributed by atoms with Gasteiger partial charge in [-0.15, -0.1) is 0 Å². The van der Waals surface area contributed by atoms with Crippen molar-refractivity contribution < 1.29 is 0 Å². The number of anilines is 2. The Bertz CT molecular complexity index is 846. The summed E-state index contributed by atoms with van der Waals surface area (Å²) in [5.74, 6) is 1.04. The molecule has 3 N–H and O–H groups in total. The van der Waals surface area contributed by atoms with Crippen molar-refractivity contribution in [1.82, 2.24) is 9.97 Å². The van der Waals surface area contributed by atoms with Crippen molar-refractivity contribution in [3.05, 3.63) is 58.6 Å². The zero-order chi connectivity index (χ0) is 16.4. The smallest absolute Gasteiger partial charge is 0.225 e. The summed E-state index contributed by atoms with van der Waals surface area (Å²) >= 11 is 6.28. The first-order chi connectivity index (χ1) is 11.0. The number of nitrogens with zero attached hydrogens (tertiary/aromatic N) is 2. The van der Waals surface area contributed by atoms with E-state index in [9.17, 15) is 0 Å². The Morgan fingerprint density at radius 3 is 2.52 bits per heavy atom. The minimum absolute atomic E-state index is 0.248. The van der Waals surface area contributed by atoms with Gasteiger partial charge < -0.3 is 11.1 Å². The topological polar surface area (TPSA) is 63.8 Å². The van der Waals surface area contributed by atoms with E-state index in [1.165, 1.54) is 0 Å². The van der Waals surface area contributed by atoms with Gasteiger partial charge in [0.15, 0.2) is 0 Å². The summed E-state index contributed by atoms with van der Waals surface area (Å²) in [6.07, 6.45) is 0.696. The molecule has 4 nitrogen and oxygen atoms in total. The van der Waals surface area contributed by atoms with Gasteiger partial charge in [-0.2, -0.15) is 4.98 Å². The molecular formula is C18H19ClN4. The van der Waals surface area contributed by atoms with E-state index in [0.717, 1.165) is 27.1 Å². The quantitative estimate of drug-likeness (QED) is 0.751. The number of fused-ring (bicyclic) bond motifs is 1. The van der Waals surface area contributed by atoms with Crippen molar-refractivity contribution in [3.63, 3.8) is 0 Å². The normalized spacial score (nSPS) is 11.1. The fourth-order valence-corrected chi connectivity index (χ4v) is 2.80. The third-order valence-electron chi connectivity index (χ3n) is 3.59. The number of halogens is 1. The molecule has 0 spiro atoms. The van der Waals surface area contributed by atoms with E-state index in [-0.39, 0.29) is 6.04 Å². The van der Waals surface area contributed by atoms with Crippen molar-refractivity contribution >= 4 is 34.3 Å². The van der Waals surface area contributed by atoms with Gasteiger partial charge in [-0.05, 0) is 43.5 Å². The average molecular weight is 327 g/mol. The Morgan fingerprint density at radius 2 is 1.78 bits per heavy atom. The van der Waals surface area contributed by atoms with Crippen LogP contribution >= 0.6 is 11.6 Å². The summed E-state index contributed by atoms with van der Waals surface area (Å²) in [6.45, 7) is 4.08. The monoisotopic (exact) mass is 326 g/mol. The second-order valence-electron chi connectivity index (χ2n) is 5.81. The number of aromatic nitrogens is 2. The van der Waals surface area contributed by atoms with Crippen LogP contribution in [0.5, 0.6) is 0 Å². The zero-order valence-electron chi connectivity index (χ0n) is 13.2. The molecule has 0 aliphatic carbocycles. The summed E-state index contributed by atoms with van der Waals surface area (Å²) in [7, 11) is 0. The van der Waals surface area contributed by atoms with E-state index >= 15 is 0 Å². The molecule has 0 atom stereocenters. The van der Waals surface area contributed by atoms with Gasteiger partial charge in [0, 0.05) is 16.5 Å². The van der Waals surface area contributed by atoms with Crippen LogP contribution in [-0.2, 0) is 6.42 Å². The summed E-state index contributed by atoms with van der Waals surface area (Å²) in [4.78, 5) is 8.95. The molecule has 0 bridgehead atoms. The van der Waals surface area contributed by atoms with E-state index in [0.29, 0.717) is 18.2 Å². The van der Waals surface area contributed by atoms with Crippen LogP contribution in [0.15, 0.2) is 42.5 Å². The van der Waals surface area contributed by atoms with Crippen LogP contribution in [0.3, 0.4) is 0 Å². The summed E-state index contributed by atoms with van der Waals surface area (Å²) in [5, 5.41) is 4.84. The SMILES string of the molecule is CC(C)Nc1nc(N)c2c(Cc3ccccc3Cl)cccc2n1. The molecule has 5 heteroatoms. The van der Waals surface area contributed by atoms with Crippen LogP contribution in [0.2, 0.25) is 5.02 Å². The Labute approximate surface area is 140 Å². The largest absolute Gasteiger partial charge is 0.383 e. The third-order valence-corrected chi connectivity index (χ3v) is 3.96. The molecule has 1 heterocycles. The van der Waals surface area contributed by atoms with Crippen molar-refractivity contribution in [2.45, 2.75) is 26.3 Å². The minimum atomic E-state index is 0.248. The Hall–Kier alpha value is -2.33. The maximum Gasteiger partial charge on any atom is 0.225 e. The lowest BCUT2D eigenvalue weighted by Crippen LogP contribution is -2.13. The van der Waals surface area contributed by atoms with Crippen LogP contribution in [0, 0.1) is 0 Å². The van der Waals surface area contributed by atoms with Gasteiger partial charge in [0.05, 0.1) is 5.52 Å². The predicted octanol–water partition coefficient (Wildman–Crippen LogP) is 4.28. The number of nitrogen functional groups attached to an aromatic ring is 1. The first kappa shape index (κ1) is 15.6. The van der Waals surface area contributed by atoms with Gasteiger partial charge in [-0.3, -0.25) is 0 Å². The molecule has 0 saturated heterocycles. The van der Waals surface area contributed by atoms with E-state index in [1.807, 2.05) is 56.3 Å². The molecule has 2 aromatic carbocycles. The maximum absolute atomic E-state index is 6.28. The third kappa shape index (κ3) is 3.37. The molecule has 3 aromatic rings. The predicted molar refractivity (Wildman–Crippen MR) is 97.0 cm³/mol. The molecular weight excluding hydrogens is 308 g/mol. The van der Waals surface area contributed by atoms with Crippen LogP contribution in [0.25, 0.3) is 10.9 Å². The number of nitrogens with one attached hydrogen (secondary N) is 1. The van der Waals surface area contributed by atoms with Gasteiger partial charge in [0.2, 0.25) is 5.95 Å². The molecule has 0 amide bonds. The van der Waals surface area contributed by atoms with E-state index < -0.39 is 0 Å². The second kappa shape index (κ2) is 6.42. The first-order valence-electron chi connectivity index (χ1n) is 7.59. The summed E-state index contributed by atoms with van der Waals surface area (Å²) in [6, 6.07) is 14.1. The highest BCUT2D eigenvalue weighted by Gasteiger charge is 2.11. The van der Waals surface area contributed by atoms with Crippen LogP contribution < -0.4 is 11.1 Å². The molecule has 23 heavy (non-hydrogen) atoms. The van der Waals surface area contributed by atoms with Gasteiger partial charge >= 0.3 is 0 Å². The highest BCUT2D eigenvalue weighted by molar-refractivity contribution is 6.31. The molecule has 118 valence electrons. The molecule has 1 aromatic heterocycles. The fraction of sp³-hybridized carbons (Fsp3) is 0.222. The van der Waals surface area contributed by atoms with E-state index in [4.69, 9.17) is 17.3 Å². The van der Waals surface area contributed by atoms with Crippen molar-refractivity contribution in [3.8, 4) is 0 Å². The molecule has 0 fully saturated rings. The average Bonchev–Trinajstić information content (AvgIpc) is 2.48. The number of benzene rings is 2. The number of nitrogens with two attached hydrogens (primary N) is 1.